The van der Waals surface area contributed by atoms with Crippen molar-refractivity contribution < 1.29 is 14.6 Å². The van der Waals surface area contributed by atoms with Crippen LogP contribution < -0.4 is 10.5 Å². The second-order valence-electron chi connectivity index (χ2n) is 4.02. The summed E-state index contributed by atoms with van der Waals surface area (Å²) in [6.07, 6.45) is 0. The molecule has 0 amide bonds. The molecule has 0 bridgehead atoms. The molecule has 4 nitrogen and oxygen atoms in total. The van der Waals surface area contributed by atoms with Gasteiger partial charge in [0.25, 0.3) is 0 Å². The van der Waals surface area contributed by atoms with Crippen LogP contribution in [0.1, 0.15) is 15.9 Å². The number of benzene rings is 2. The summed E-state index contributed by atoms with van der Waals surface area (Å²) in [6, 6.07) is 13.8. The van der Waals surface area contributed by atoms with Gasteiger partial charge in [-0.15, -0.1) is 0 Å². The van der Waals surface area contributed by atoms with E-state index in [1.807, 2.05) is 6.07 Å². The van der Waals surface area contributed by atoms with Crippen molar-refractivity contribution in [1.29, 1.82) is 0 Å². The van der Waals surface area contributed by atoms with E-state index < -0.39 is 0 Å². The highest BCUT2D eigenvalue weighted by Crippen LogP contribution is 2.24. The minimum absolute atomic E-state index is 0.117. The van der Waals surface area contributed by atoms with E-state index >= 15 is 0 Å². The number of carbonyl (C=O) groups is 1. The zero-order chi connectivity index (χ0) is 13.7. The Morgan fingerprint density at radius 2 is 1.89 bits per heavy atom. The molecular weight excluding hydrogens is 242 g/mol. The van der Waals surface area contributed by atoms with Gasteiger partial charge in [-0.05, 0) is 12.1 Å². The van der Waals surface area contributed by atoms with E-state index in [1.54, 1.807) is 42.5 Å². The van der Waals surface area contributed by atoms with Crippen molar-refractivity contribution in [2.75, 3.05) is 18.9 Å². The van der Waals surface area contributed by atoms with Crippen LogP contribution >= 0.6 is 0 Å². The first-order chi connectivity index (χ1) is 9.22. The molecule has 0 unspecified atom stereocenters. The lowest BCUT2D eigenvalue weighted by atomic mass is 10.0. The lowest BCUT2D eigenvalue weighted by Gasteiger charge is -2.10. The van der Waals surface area contributed by atoms with Crippen LogP contribution in [-0.4, -0.2) is 24.1 Å². The van der Waals surface area contributed by atoms with Gasteiger partial charge in [0, 0.05) is 17.3 Å². The molecule has 98 valence electrons. The summed E-state index contributed by atoms with van der Waals surface area (Å²) in [5.74, 6) is 0.261. The largest absolute Gasteiger partial charge is 0.490 e. The third kappa shape index (κ3) is 3.11. The molecule has 0 aliphatic carbocycles. The van der Waals surface area contributed by atoms with Gasteiger partial charge in [-0.1, -0.05) is 30.3 Å². The zero-order valence-corrected chi connectivity index (χ0v) is 10.4. The van der Waals surface area contributed by atoms with Crippen LogP contribution in [0.15, 0.2) is 48.5 Å². The average molecular weight is 257 g/mol. The fourth-order valence-corrected chi connectivity index (χ4v) is 1.75. The van der Waals surface area contributed by atoms with Crippen LogP contribution in [0.25, 0.3) is 0 Å². The molecule has 0 saturated heterocycles. The Hall–Kier alpha value is -2.33. The average Bonchev–Trinajstić information content (AvgIpc) is 2.45. The van der Waals surface area contributed by atoms with Crippen LogP contribution in [0.5, 0.6) is 5.75 Å². The SMILES string of the molecule is Nc1ccc(C(=O)c2ccccc2)c(OCCO)c1. The number of carbonyl (C=O) groups excluding carboxylic acids is 1. The van der Waals surface area contributed by atoms with Gasteiger partial charge in [-0.3, -0.25) is 4.79 Å². The highest BCUT2D eigenvalue weighted by atomic mass is 16.5. The Balaban J connectivity index is 2.36. The summed E-state index contributed by atoms with van der Waals surface area (Å²) in [6.45, 7) is 0.00624. The minimum Gasteiger partial charge on any atom is -0.490 e. The van der Waals surface area contributed by atoms with Gasteiger partial charge in [0.05, 0.1) is 12.2 Å². The topological polar surface area (TPSA) is 72.6 Å². The molecule has 3 N–H and O–H groups in total. The van der Waals surface area contributed by atoms with Crippen molar-refractivity contribution in [2.45, 2.75) is 0 Å². The molecule has 0 aromatic heterocycles. The predicted octanol–water partition coefficient (Wildman–Crippen LogP) is 1.87. The number of ether oxygens (including phenoxy) is 1. The molecule has 2 aromatic carbocycles. The molecule has 2 aromatic rings. The van der Waals surface area contributed by atoms with E-state index in [-0.39, 0.29) is 19.0 Å². The number of rotatable bonds is 5. The zero-order valence-electron chi connectivity index (χ0n) is 10.4. The Labute approximate surface area is 111 Å². The maximum absolute atomic E-state index is 12.4. The Morgan fingerprint density at radius 1 is 1.16 bits per heavy atom. The smallest absolute Gasteiger partial charge is 0.196 e. The van der Waals surface area contributed by atoms with Gasteiger partial charge < -0.3 is 15.6 Å². The van der Waals surface area contributed by atoms with Crippen LogP contribution in [0.3, 0.4) is 0 Å². The van der Waals surface area contributed by atoms with Crippen molar-refractivity contribution in [1.82, 2.24) is 0 Å². The number of hydrogen-bond donors (Lipinski definition) is 2. The number of aliphatic hydroxyl groups excluding tert-OH is 1. The predicted molar refractivity (Wildman–Crippen MR) is 73.3 cm³/mol. The summed E-state index contributed by atoms with van der Waals surface area (Å²) < 4.78 is 5.36. The van der Waals surface area contributed by atoms with Gasteiger partial charge in [0.2, 0.25) is 0 Å². The quantitative estimate of drug-likeness (QED) is 0.633. The molecule has 0 atom stereocenters. The Kier molecular flexibility index (Phi) is 4.15. The van der Waals surface area contributed by atoms with E-state index in [1.165, 1.54) is 0 Å². The summed E-state index contributed by atoms with van der Waals surface area (Å²) in [5, 5.41) is 8.80. The minimum atomic E-state index is -0.131. The highest BCUT2D eigenvalue weighted by molar-refractivity contribution is 6.10. The van der Waals surface area contributed by atoms with Crippen molar-refractivity contribution in [3.63, 3.8) is 0 Å². The summed E-state index contributed by atoms with van der Waals surface area (Å²) in [7, 11) is 0. The molecular formula is C15H15NO3. The van der Waals surface area contributed by atoms with Gasteiger partial charge in [-0.2, -0.15) is 0 Å². The first-order valence-electron chi connectivity index (χ1n) is 5.95. The van der Waals surface area contributed by atoms with E-state index in [4.69, 9.17) is 15.6 Å². The normalized spacial score (nSPS) is 10.2. The second-order valence-corrected chi connectivity index (χ2v) is 4.02. The first kappa shape index (κ1) is 13.1. The number of nitrogen functional groups attached to an aromatic ring is 1. The number of aliphatic hydroxyl groups is 1. The van der Waals surface area contributed by atoms with Crippen LogP contribution in [-0.2, 0) is 0 Å². The van der Waals surface area contributed by atoms with Crippen molar-refractivity contribution in [2.24, 2.45) is 0 Å². The van der Waals surface area contributed by atoms with E-state index in [0.717, 1.165) is 0 Å². The highest BCUT2D eigenvalue weighted by Gasteiger charge is 2.14. The fourth-order valence-electron chi connectivity index (χ4n) is 1.75. The molecule has 0 fully saturated rings. The van der Waals surface area contributed by atoms with Gasteiger partial charge in [0.1, 0.15) is 12.4 Å². The van der Waals surface area contributed by atoms with E-state index in [0.29, 0.717) is 22.6 Å². The first-order valence-corrected chi connectivity index (χ1v) is 5.95. The molecule has 4 heteroatoms. The number of anilines is 1. The third-order valence-corrected chi connectivity index (χ3v) is 2.64. The lowest BCUT2D eigenvalue weighted by molar-refractivity contribution is 0.103. The standard InChI is InChI=1S/C15H15NO3/c16-12-6-7-13(14(10-12)19-9-8-17)15(18)11-4-2-1-3-5-11/h1-7,10,17H,8-9,16H2. The summed E-state index contributed by atoms with van der Waals surface area (Å²) in [4.78, 5) is 12.4. The van der Waals surface area contributed by atoms with E-state index in [9.17, 15) is 4.79 Å². The maximum atomic E-state index is 12.4. The van der Waals surface area contributed by atoms with Crippen molar-refractivity contribution in [3.8, 4) is 5.75 Å². The molecule has 0 saturated carbocycles. The molecule has 0 aliphatic rings. The number of hydrogen-bond acceptors (Lipinski definition) is 4. The van der Waals surface area contributed by atoms with Crippen LogP contribution in [0.4, 0.5) is 5.69 Å². The Morgan fingerprint density at radius 3 is 2.58 bits per heavy atom. The molecule has 19 heavy (non-hydrogen) atoms. The van der Waals surface area contributed by atoms with Crippen molar-refractivity contribution >= 4 is 11.5 Å². The van der Waals surface area contributed by atoms with Crippen molar-refractivity contribution in [3.05, 3.63) is 59.7 Å². The molecule has 2 rings (SSSR count). The molecule has 0 radical (unpaired) electrons. The van der Waals surface area contributed by atoms with E-state index in [2.05, 4.69) is 0 Å². The Bertz CT molecular complexity index is 567. The summed E-state index contributed by atoms with van der Waals surface area (Å²) in [5.41, 5.74) is 7.22. The van der Waals surface area contributed by atoms with Gasteiger partial charge in [-0.25, -0.2) is 0 Å². The lowest BCUT2D eigenvalue weighted by Crippen LogP contribution is -2.08. The second kappa shape index (κ2) is 6.02. The van der Waals surface area contributed by atoms with Crippen LogP contribution in [0.2, 0.25) is 0 Å². The maximum Gasteiger partial charge on any atom is 0.196 e. The number of nitrogens with two attached hydrogens (primary N) is 1. The summed E-state index contributed by atoms with van der Waals surface area (Å²) >= 11 is 0. The fraction of sp³-hybridized carbons (Fsp3) is 0.133. The monoisotopic (exact) mass is 257 g/mol. The molecule has 0 aliphatic heterocycles. The number of ketones is 1. The van der Waals surface area contributed by atoms with Gasteiger partial charge in [0.15, 0.2) is 5.78 Å². The molecule has 0 spiro atoms. The third-order valence-electron chi connectivity index (χ3n) is 2.64. The molecule has 0 heterocycles. The van der Waals surface area contributed by atoms with Gasteiger partial charge >= 0.3 is 0 Å². The van der Waals surface area contributed by atoms with Crippen LogP contribution in [0, 0.1) is 0 Å².